The average Bonchev–Trinajstić information content (AvgIpc) is 3.10. The molecule has 118 valence electrons. The molecular formula is C15H19N3O2S2. The van der Waals surface area contributed by atoms with Crippen LogP contribution in [0.5, 0.6) is 0 Å². The van der Waals surface area contributed by atoms with E-state index in [1.165, 1.54) is 11.8 Å². The summed E-state index contributed by atoms with van der Waals surface area (Å²) in [6.07, 6.45) is 3.21. The van der Waals surface area contributed by atoms with Gasteiger partial charge in [-0.05, 0) is 37.5 Å². The van der Waals surface area contributed by atoms with Crippen LogP contribution in [-0.4, -0.2) is 35.9 Å². The van der Waals surface area contributed by atoms with E-state index in [9.17, 15) is 4.79 Å². The third kappa shape index (κ3) is 3.71. The van der Waals surface area contributed by atoms with E-state index in [0.717, 1.165) is 39.5 Å². The first-order valence-electron chi connectivity index (χ1n) is 7.25. The number of thioether (sulfide) groups is 1. The highest BCUT2D eigenvalue weighted by molar-refractivity contribution is 8.01. The molecule has 0 spiro atoms. The van der Waals surface area contributed by atoms with Gasteiger partial charge in [0.2, 0.25) is 5.91 Å². The fourth-order valence-corrected chi connectivity index (χ4v) is 4.59. The standard InChI is InChI=1S/C15H19N3O2S2/c1-20-11-4-3-10(7-11)17-14(19)8-21-15-18-12-5-2-9(16)6-13(12)22-15/h2,5-6,10-11H,3-4,7-8,16H2,1H3,(H,17,19)/t10-,11?/m0/s1. The monoisotopic (exact) mass is 337 g/mol. The molecule has 0 radical (unpaired) electrons. The number of ether oxygens (including phenoxy) is 1. The van der Waals surface area contributed by atoms with Crippen molar-refractivity contribution in [2.45, 2.75) is 35.7 Å². The molecule has 1 aromatic heterocycles. The second-order valence-corrected chi connectivity index (χ2v) is 7.68. The van der Waals surface area contributed by atoms with Crippen LogP contribution in [0.2, 0.25) is 0 Å². The topological polar surface area (TPSA) is 77.2 Å². The second-order valence-electron chi connectivity index (χ2n) is 5.43. The van der Waals surface area contributed by atoms with Crippen molar-refractivity contribution in [3.8, 4) is 0 Å². The van der Waals surface area contributed by atoms with E-state index < -0.39 is 0 Å². The molecule has 2 atom stereocenters. The Morgan fingerprint density at radius 1 is 1.55 bits per heavy atom. The van der Waals surface area contributed by atoms with Gasteiger partial charge in [0.1, 0.15) is 0 Å². The Morgan fingerprint density at radius 2 is 2.41 bits per heavy atom. The van der Waals surface area contributed by atoms with Gasteiger partial charge in [-0.2, -0.15) is 0 Å². The van der Waals surface area contributed by atoms with E-state index in [1.54, 1.807) is 18.4 Å². The van der Waals surface area contributed by atoms with E-state index in [1.807, 2.05) is 18.2 Å². The number of thiazole rings is 1. The average molecular weight is 337 g/mol. The molecule has 0 aliphatic heterocycles. The first-order valence-corrected chi connectivity index (χ1v) is 9.05. The maximum Gasteiger partial charge on any atom is 0.230 e. The van der Waals surface area contributed by atoms with E-state index >= 15 is 0 Å². The highest BCUT2D eigenvalue weighted by Gasteiger charge is 2.25. The summed E-state index contributed by atoms with van der Waals surface area (Å²) < 4.78 is 7.28. The van der Waals surface area contributed by atoms with E-state index in [2.05, 4.69) is 10.3 Å². The van der Waals surface area contributed by atoms with Crippen molar-refractivity contribution >= 4 is 44.9 Å². The number of carbonyl (C=O) groups is 1. The zero-order chi connectivity index (χ0) is 15.5. The SMILES string of the molecule is COC1CC[C@H](NC(=O)CSc2nc3ccc(N)cc3s2)C1. The quantitative estimate of drug-likeness (QED) is 0.648. The van der Waals surface area contributed by atoms with Crippen LogP contribution in [0.1, 0.15) is 19.3 Å². The zero-order valence-electron chi connectivity index (χ0n) is 12.4. The van der Waals surface area contributed by atoms with Gasteiger partial charge in [-0.15, -0.1) is 11.3 Å². The van der Waals surface area contributed by atoms with Gasteiger partial charge in [-0.1, -0.05) is 11.8 Å². The number of rotatable bonds is 5. The molecule has 22 heavy (non-hydrogen) atoms. The summed E-state index contributed by atoms with van der Waals surface area (Å²) >= 11 is 3.05. The molecule has 7 heteroatoms. The number of benzene rings is 1. The van der Waals surface area contributed by atoms with Crippen molar-refractivity contribution in [2.75, 3.05) is 18.6 Å². The molecule has 1 fully saturated rings. The van der Waals surface area contributed by atoms with Crippen LogP contribution < -0.4 is 11.1 Å². The lowest BCUT2D eigenvalue weighted by molar-refractivity contribution is -0.119. The van der Waals surface area contributed by atoms with Gasteiger partial charge in [-0.25, -0.2) is 4.98 Å². The molecule has 1 aromatic carbocycles. The number of nitrogens with one attached hydrogen (secondary N) is 1. The van der Waals surface area contributed by atoms with Gasteiger partial charge in [0, 0.05) is 18.8 Å². The summed E-state index contributed by atoms with van der Waals surface area (Å²) in [4.78, 5) is 16.5. The minimum Gasteiger partial charge on any atom is -0.399 e. The molecule has 0 saturated heterocycles. The van der Waals surface area contributed by atoms with Gasteiger partial charge in [0.25, 0.3) is 0 Å². The van der Waals surface area contributed by atoms with E-state index in [0.29, 0.717) is 5.75 Å². The fraction of sp³-hybridized carbons (Fsp3) is 0.467. The third-order valence-electron chi connectivity index (χ3n) is 3.80. The number of hydrogen-bond donors (Lipinski definition) is 2. The molecule has 1 heterocycles. The van der Waals surface area contributed by atoms with Crippen molar-refractivity contribution in [2.24, 2.45) is 0 Å². The molecule has 1 aliphatic rings. The van der Waals surface area contributed by atoms with E-state index in [4.69, 9.17) is 10.5 Å². The number of anilines is 1. The molecular weight excluding hydrogens is 318 g/mol. The Balaban J connectivity index is 1.51. The van der Waals surface area contributed by atoms with Crippen LogP contribution in [0.15, 0.2) is 22.5 Å². The maximum atomic E-state index is 12.0. The summed E-state index contributed by atoms with van der Waals surface area (Å²) in [6, 6.07) is 5.92. The first kappa shape index (κ1) is 15.6. The van der Waals surface area contributed by atoms with Crippen LogP contribution in [0.3, 0.4) is 0 Å². The van der Waals surface area contributed by atoms with Gasteiger partial charge >= 0.3 is 0 Å². The molecule has 1 saturated carbocycles. The fourth-order valence-electron chi connectivity index (χ4n) is 2.66. The predicted octanol–water partition coefficient (Wildman–Crippen LogP) is 2.65. The van der Waals surface area contributed by atoms with Crippen molar-refractivity contribution in [1.29, 1.82) is 0 Å². The number of aromatic nitrogens is 1. The Labute approximate surface area is 137 Å². The molecule has 2 aromatic rings. The van der Waals surface area contributed by atoms with Crippen LogP contribution in [0.4, 0.5) is 5.69 Å². The normalized spacial score (nSPS) is 21.3. The third-order valence-corrected chi connectivity index (χ3v) is 5.96. The molecule has 1 unspecified atom stereocenters. The summed E-state index contributed by atoms with van der Waals surface area (Å²) in [5.74, 6) is 0.453. The predicted molar refractivity (Wildman–Crippen MR) is 91.3 cm³/mol. The first-order chi connectivity index (χ1) is 10.6. The molecule has 0 bridgehead atoms. The van der Waals surface area contributed by atoms with Gasteiger partial charge in [-0.3, -0.25) is 4.79 Å². The molecule has 1 amide bonds. The number of carbonyl (C=O) groups excluding carboxylic acids is 1. The summed E-state index contributed by atoms with van der Waals surface area (Å²) in [7, 11) is 1.73. The minimum atomic E-state index is 0.0607. The number of nitrogen functional groups attached to an aromatic ring is 1. The molecule has 1 aliphatic carbocycles. The van der Waals surface area contributed by atoms with Crippen LogP contribution in [0.25, 0.3) is 10.2 Å². The summed E-state index contributed by atoms with van der Waals surface area (Å²) in [5, 5.41) is 3.07. The highest BCUT2D eigenvalue weighted by atomic mass is 32.2. The number of methoxy groups -OCH3 is 1. The van der Waals surface area contributed by atoms with Crippen LogP contribution >= 0.6 is 23.1 Å². The van der Waals surface area contributed by atoms with Gasteiger partial charge < -0.3 is 15.8 Å². The molecule has 3 rings (SSSR count). The van der Waals surface area contributed by atoms with Crippen molar-refractivity contribution in [3.05, 3.63) is 18.2 Å². The van der Waals surface area contributed by atoms with Crippen molar-refractivity contribution in [3.63, 3.8) is 0 Å². The van der Waals surface area contributed by atoms with Gasteiger partial charge in [0.05, 0.1) is 22.1 Å². The second kappa shape index (κ2) is 6.85. The van der Waals surface area contributed by atoms with Gasteiger partial charge in [0.15, 0.2) is 4.34 Å². The largest absolute Gasteiger partial charge is 0.399 e. The lowest BCUT2D eigenvalue weighted by Crippen LogP contribution is -2.34. The number of nitrogens with zero attached hydrogens (tertiary/aromatic N) is 1. The Bertz CT molecular complexity index is 674. The minimum absolute atomic E-state index is 0.0607. The summed E-state index contributed by atoms with van der Waals surface area (Å²) in [5.41, 5.74) is 7.43. The smallest absolute Gasteiger partial charge is 0.230 e. The lowest BCUT2D eigenvalue weighted by Gasteiger charge is -2.12. The van der Waals surface area contributed by atoms with Crippen LogP contribution in [0, 0.1) is 0 Å². The number of amides is 1. The Hall–Kier alpha value is -1.31. The van der Waals surface area contributed by atoms with Crippen molar-refractivity contribution in [1.82, 2.24) is 10.3 Å². The van der Waals surface area contributed by atoms with Crippen LogP contribution in [-0.2, 0) is 9.53 Å². The zero-order valence-corrected chi connectivity index (χ0v) is 14.0. The molecule has 3 N–H and O–H groups in total. The van der Waals surface area contributed by atoms with Crippen molar-refractivity contribution < 1.29 is 9.53 Å². The number of hydrogen-bond acceptors (Lipinski definition) is 6. The molecule has 5 nitrogen and oxygen atoms in total. The summed E-state index contributed by atoms with van der Waals surface area (Å²) in [6.45, 7) is 0. The Kier molecular flexibility index (Phi) is 4.85. The highest BCUT2D eigenvalue weighted by Crippen LogP contribution is 2.30. The Morgan fingerprint density at radius 3 is 3.18 bits per heavy atom. The maximum absolute atomic E-state index is 12.0. The number of nitrogens with two attached hydrogens (primary N) is 1. The lowest BCUT2D eigenvalue weighted by atomic mass is 10.2. The number of fused-ring (bicyclic) bond motifs is 1. The van der Waals surface area contributed by atoms with E-state index in [-0.39, 0.29) is 18.1 Å².